The molecule has 1 rings (SSSR count). The van der Waals surface area contributed by atoms with E-state index >= 15 is 0 Å². The van der Waals surface area contributed by atoms with Gasteiger partial charge in [-0.2, -0.15) is 0 Å². The molecule has 1 atom stereocenters. The number of benzene rings is 1. The van der Waals surface area contributed by atoms with Crippen LogP contribution in [0.5, 0.6) is 5.75 Å². The summed E-state index contributed by atoms with van der Waals surface area (Å²) in [6.45, 7) is 7.27. The predicted molar refractivity (Wildman–Crippen MR) is 75.8 cm³/mol. The first kappa shape index (κ1) is 16.0. The van der Waals surface area contributed by atoms with Crippen LogP contribution < -0.4 is 10.1 Å². The second-order valence-electron chi connectivity index (χ2n) is 5.14. The summed E-state index contributed by atoms with van der Waals surface area (Å²) in [7, 11) is 0. The van der Waals surface area contributed by atoms with E-state index in [0.717, 1.165) is 11.1 Å². The summed E-state index contributed by atoms with van der Waals surface area (Å²) in [5.74, 6) is -0.949. The summed E-state index contributed by atoms with van der Waals surface area (Å²) >= 11 is 0. The lowest BCUT2D eigenvalue weighted by atomic mass is 10.1. The normalized spacial score (nSPS) is 12.1. The maximum atomic E-state index is 11.9. The number of ether oxygens (including phenoxy) is 1. The zero-order valence-electron chi connectivity index (χ0n) is 12.3. The van der Waals surface area contributed by atoms with Crippen LogP contribution in [0, 0.1) is 19.8 Å². The lowest BCUT2D eigenvalue weighted by Gasteiger charge is -2.22. The Morgan fingerprint density at radius 3 is 2.40 bits per heavy atom. The van der Waals surface area contributed by atoms with E-state index in [0.29, 0.717) is 5.75 Å². The van der Waals surface area contributed by atoms with Crippen molar-refractivity contribution in [2.24, 2.45) is 5.92 Å². The van der Waals surface area contributed by atoms with Gasteiger partial charge in [-0.05, 0) is 43.0 Å². The molecule has 0 aromatic heterocycles. The summed E-state index contributed by atoms with van der Waals surface area (Å²) < 4.78 is 5.70. The van der Waals surface area contributed by atoms with Gasteiger partial charge in [-0.25, -0.2) is 0 Å². The van der Waals surface area contributed by atoms with Crippen molar-refractivity contribution < 1.29 is 19.4 Å². The summed E-state index contributed by atoms with van der Waals surface area (Å²) in [5.41, 5.74) is 2.23. The fourth-order valence-electron chi connectivity index (χ4n) is 1.69. The van der Waals surface area contributed by atoms with Crippen LogP contribution in [0.4, 0.5) is 0 Å². The standard InChI is InChI=1S/C15H21NO4/c1-9(2)14(15(19)16-8-13(17)18)20-12-6-5-10(3)11(4)7-12/h5-7,9,14H,8H2,1-4H3,(H,16,19)(H,17,18). The zero-order valence-corrected chi connectivity index (χ0v) is 12.3. The molecule has 0 saturated heterocycles. The Morgan fingerprint density at radius 2 is 1.90 bits per heavy atom. The van der Waals surface area contributed by atoms with Gasteiger partial charge in [0.1, 0.15) is 12.3 Å². The predicted octanol–water partition coefficient (Wildman–Crippen LogP) is 1.91. The molecule has 20 heavy (non-hydrogen) atoms. The molecule has 0 aliphatic heterocycles. The molecule has 1 amide bonds. The number of rotatable bonds is 6. The number of carboxylic acid groups (broad SMARTS) is 1. The molecule has 0 saturated carbocycles. The summed E-state index contributed by atoms with van der Waals surface area (Å²) in [5, 5.41) is 10.9. The number of amides is 1. The van der Waals surface area contributed by atoms with Gasteiger partial charge < -0.3 is 15.2 Å². The van der Waals surface area contributed by atoms with Gasteiger partial charge in [0.2, 0.25) is 0 Å². The third-order valence-corrected chi connectivity index (χ3v) is 3.02. The Kier molecular flexibility index (Phi) is 5.55. The highest BCUT2D eigenvalue weighted by atomic mass is 16.5. The molecule has 1 unspecified atom stereocenters. The third-order valence-electron chi connectivity index (χ3n) is 3.02. The van der Waals surface area contributed by atoms with Crippen molar-refractivity contribution in [3.63, 3.8) is 0 Å². The average Bonchev–Trinajstić information content (AvgIpc) is 2.36. The molecule has 1 aromatic carbocycles. The van der Waals surface area contributed by atoms with Crippen molar-refractivity contribution >= 4 is 11.9 Å². The smallest absolute Gasteiger partial charge is 0.322 e. The Balaban J connectivity index is 2.78. The van der Waals surface area contributed by atoms with Crippen LogP contribution >= 0.6 is 0 Å². The lowest BCUT2D eigenvalue weighted by Crippen LogP contribution is -2.43. The maximum Gasteiger partial charge on any atom is 0.322 e. The summed E-state index contributed by atoms with van der Waals surface area (Å²) in [6.07, 6.45) is -0.712. The van der Waals surface area contributed by atoms with Gasteiger partial charge in [0.05, 0.1) is 0 Å². The van der Waals surface area contributed by atoms with Gasteiger partial charge in [-0.15, -0.1) is 0 Å². The molecule has 0 aliphatic carbocycles. The van der Waals surface area contributed by atoms with Crippen molar-refractivity contribution in [1.29, 1.82) is 0 Å². The van der Waals surface area contributed by atoms with Gasteiger partial charge in [-0.3, -0.25) is 9.59 Å². The fourth-order valence-corrected chi connectivity index (χ4v) is 1.69. The first-order chi connectivity index (χ1) is 9.31. The SMILES string of the molecule is Cc1ccc(OC(C(=O)NCC(=O)O)C(C)C)cc1C. The molecule has 5 heteroatoms. The minimum Gasteiger partial charge on any atom is -0.480 e. The molecule has 0 spiro atoms. The number of carboxylic acids is 1. The van der Waals surface area contributed by atoms with Gasteiger partial charge in [-0.1, -0.05) is 19.9 Å². The average molecular weight is 279 g/mol. The van der Waals surface area contributed by atoms with E-state index in [2.05, 4.69) is 5.32 Å². The molecular formula is C15H21NO4. The molecule has 0 heterocycles. The van der Waals surface area contributed by atoms with Crippen LogP contribution in [-0.2, 0) is 9.59 Å². The Labute approximate surface area is 118 Å². The van der Waals surface area contributed by atoms with Crippen molar-refractivity contribution in [3.05, 3.63) is 29.3 Å². The molecule has 0 bridgehead atoms. The van der Waals surface area contributed by atoms with Crippen LogP contribution in [0.1, 0.15) is 25.0 Å². The number of carbonyl (C=O) groups is 2. The Morgan fingerprint density at radius 1 is 1.25 bits per heavy atom. The zero-order chi connectivity index (χ0) is 15.3. The van der Waals surface area contributed by atoms with Crippen LogP contribution in [0.25, 0.3) is 0 Å². The number of carbonyl (C=O) groups excluding carboxylic acids is 1. The second-order valence-corrected chi connectivity index (χ2v) is 5.14. The third kappa shape index (κ3) is 4.57. The van der Waals surface area contributed by atoms with E-state index in [-0.39, 0.29) is 5.92 Å². The second kappa shape index (κ2) is 6.93. The first-order valence-corrected chi connectivity index (χ1v) is 6.54. The number of aryl methyl sites for hydroxylation is 2. The van der Waals surface area contributed by atoms with E-state index in [9.17, 15) is 9.59 Å². The minimum atomic E-state index is -1.08. The molecule has 0 fully saturated rings. The van der Waals surface area contributed by atoms with Crippen LogP contribution in [0.2, 0.25) is 0 Å². The van der Waals surface area contributed by atoms with E-state index in [1.54, 1.807) is 0 Å². The molecule has 0 aliphatic rings. The Hall–Kier alpha value is -2.04. The summed E-state index contributed by atoms with van der Waals surface area (Å²) in [6, 6.07) is 5.61. The molecule has 0 radical (unpaired) electrons. The Bertz CT molecular complexity index is 497. The summed E-state index contributed by atoms with van der Waals surface area (Å²) in [4.78, 5) is 22.4. The monoisotopic (exact) mass is 279 g/mol. The van der Waals surface area contributed by atoms with Gasteiger partial charge in [0, 0.05) is 0 Å². The van der Waals surface area contributed by atoms with E-state index < -0.39 is 24.5 Å². The number of nitrogens with one attached hydrogen (secondary N) is 1. The highest BCUT2D eigenvalue weighted by molar-refractivity contribution is 5.84. The van der Waals surface area contributed by atoms with Crippen LogP contribution in [0.15, 0.2) is 18.2 Å². The largest absolute Gasteiger partial charge is 0.480 e. The molecule has 2 N–H and O–H groups in total. The highest BCUT2D eigenvalue weighted by Gasteiger charge is 2.24. The van der Waals surface area contributed by atoms with Gasteiger partial charge in [0.25, 0.3) is 5.91 Å². The van der Waals surface area contributed by atoms with Crippen molar-refractivity contribution in [2.75, 3.05) is 6.54 Å². The lowest BCUT2D eigenvalue weighted by molar-refractivity contribution is -0.139. The van der Waals surface area contributed by atoms with Crippen LogP contribution in [0.3, 0.4) is 0 Å². The molecule has 110 valence electrons. The van der Waals surface area contributed by atoms with E-state index in [1.165, 1.54) is 0 Å². The number of hydrogen-bond donors (Lipinski definition) is 2. The number of aliphatic carboxylic acids is 1. The number of hydrogen-bond acceptors (Lipinski definition) is 3. The molecule has 1 aromatic rings. The molecular weight excluding hydrogens is 258 g/mol. The maximum absolute atomic E-state index is 11.9. The van der Waals surface area contributed by atoms with E-state index in [1.807, 2.05) is 45.9 Å². The van der Waals surface area contributed by atoms with E-state index in [4.69, 9.17) is 9.84 Å². The molecule has 5 nitrogen and oxygen atoms in total. The van der Waals surface area contributed by atoms with Gasteiger partial charge >= 0.3 is 5.97 Å². The van der Waals surface area contributed by atoms with Crippen molar-refractivity contribution in [3.8, 4) is 5.75 Å². The highest BCUT2D eigenvalue weighted by Crippen LogP contribution is 2.20. The fraction of sp³-hybridized carbons (Fsp3) is 0.467. The van der Waals surface area contributed by atoms with Crippen LogP contribution in [-0.4, -0.2) is 29.6 Å². The van der Waals surface area contributed by atoms with Crippen molar-refractivity contribution in [1.82, 2.24) is 5.32 Å². The van der Waals surface area contributed by atoms with Crippen molar-refractivity contribution in [2.45, 2.75) is 33.8 Å². The quantitative estimate of drug-likeness (QED) is 0.834. The minimum absolute atomic E-state index is 0.0644. The first-order valence-electron chi connectivity index (χ1n) is 6.54. The topological polar surface area (TPSA) is 75.6 Å². The van der Waals surface area contributed by atoms with Gasteiger partial charge in [0.15, 0.2) is 6.10 Å².